The largest absolute Gasteiger partial charge is 0.369 e. The lowest BCUT2D eigenvalue weighted by Gasteiger charge is -2.48. The highest BCUT2D eigenvalue weighted by molar-refractivity contribution is 5.91. The van der Waals surface area contributed by atoms with Gasteiger partial charge in [-0.15, -0.1) is 0 Å². The van der Waals surface area contributed by atoms with Gasteiger partial charge in [-0.05, 0) is 101 Å². The second-order valence-electron chi connectivity index (χ2n) is 13.0. The number of likely N-dealkylation sites (N-methyl/N-ethyl adjacent to an activating group) is 1. The van der Waals surface area contributed by atoms with Gasteiger partial charge < -0.3 is 9.64 Å². The first kappa shape index (κ1) is 21.6. The van der Waals surface area contributed by atoms with Crippen molar-refractivity contribution in [3.63, 3.8) is 0 Å². The molecule has 32 heavy (non-hydrogen) atoms. The lowest BCUT2D eigenvalue weighted by Crippen LogP contribution is -2.49. The van der Waals surface area contributed by atoms with Crippen LogP contribution in [-0.2, 0) is 9.53 Å². The van der Waals surface area contributed by atoms with Crippen LogP contribution < -0.4 is 0 Å². The van der Waals surface area contributed by atoms with Crippen LogP contribution >= 0.6 is 0 Å². The minimum absolute atomic E-state index is 0.0471. The molecule has 1 unspecified atom stereocenters. The maximum Gasteiger partial charge on any atom is 0.155 e. The molecule has 1 spiro atoms. The molecule has 4 fully saturated rings. The van der Waals surface area contributed by atoms with Gasteiger partial charge in [0.05, 0.1) is 11.7 Å². The molecule has 3 heteroatoms. The predicted octanol–water partition coefficient (Wildman–Crippen LogP) is 5.94. The molecular weight excluding hydrogens is 394 g/mol. The molecule has 3 nitrogen and oxygen atoms in total. The van der Waals surface area contributed by atoms with Crippen LogP contribution in [0.15, 0.2) is 22.8 Å². The van der Waals surface area contributed by atoms with Crippen LogP contribution in [0.2, 0.25) is 0 Å². The van der Waals surface area contributed by atoms with E-state index in [9.17, 15) is 4.79 Å². The van der Waals surface area contributed by atoms with Crippen LogP contribution in [0.5, 0.6) is 0 Å². The Morgan fingerprint density at radius 3 is 2.78 bits per heavy atom. The first-order chi connectivity index (χ1) is 15.2. The molecule has 2 saturated carbocycles. The van der Waals surface area contributed by atoms with Gasteiger partial charge in [-0.25, -0.2) is 0 Å². The van der Waals surface area contributed by atoms with Crippen LogP contribution in [-0.4, -0.2) is 42.0 Å². The Balaban J connectivity index is 1.30. The molecule has 0 bridgehead atoms. The number of carbonyl (C=O) groups excluding carboxylic acids is 1. The van der Waals surface area contributed by atoms with E-state index in [1.54, 1.807) is 11.1 Å². The van der Waals surface area contributed by atoms with E-state index in [1.807, 2.05) is 6.08 Å². The van der Waals surface area contributed by atoms with Crippen LogP contribution in [0.4, 0.5) is 0 Å². The van der Waals surface area contributed by atoms with Gasteiger partial charge in [-0.3, -0.25) is 4.79 Å². The number of nitrogens with zero attached hydrogens (tertiary/aromatic N) is 1. The molecule has 0 aromatic rings. The van der Waals surface area contributed by atoms with Crippen LogP contribution in [0.1, 0.15) is 85.5 Å². The molecule has 0 amide bonds. The molecule has 0 aromatic carbocycles. The first-order valence-corrected chi connectivity index (χ1v) is 13.5. The lowest BCUT2D eigenvalue weighted by molar-refractivity contribution is -0.116. The fourth-order valence-corrected chi connectivity index (χ4v) is 9.72. The third kappa shape index (κ3) is 2.95. The molecule has 176 valence electrons. The molecule has 0 radical (unpaired) electrons. The Bertz CT molecular complexity index is 888. The summed E-state index contributed by atoms with van der Waals surface area (Å²) in [4.78, 5) is 14.7. The van der Waals surface area contributed by atoms with E-state index in [2.05, 4.69) is 39.6 Å². The number of ether oxygens (including phenoxy) is 1. The maximum absolute atomic E-state index is 12.1. The number of ketones is 1. The number of hydrogen-bond acceptors (Lipinski definition) is 3. The zero-order chi connectivity index (χ0) is 22.4. The standard InChI is InChI=1S/C29H43NO2/c1-17-12-26-27(30(5)16-17)19(3)29(32-26)11-9-22-23-7-6-20-13-21(31)8-10-28(20,4)25(23)14-24(22)18(2)15-29/h13,17,19,22-23,25-27H,6-12,14-16H2,1-5H3/t17-,19+,22-,23-,25-,26+,27-,28-,29?/m0/s1. The van der Waals surface area contributed by atoms with E-state index in [0.717, 1.165) is 49.4 Å². The monoisotopic (exact) mass is 437 g/mol. The van der Waals surface area contributed by atoms with Crippen molar-refractivity contribution in [3.05, 3.63) is 22.8 Å². The van der Waals surface area contributed by atoms with Crippen molar-refractivity contribution in [2.24, 2.45) is 35.0 Å². The number of hydrogen-bond donors (Lipinski definition) is 0. The summed E-state index contributed by atoms with van der Waals surface area (Å²) in [6.07, 6.45) is 12.9. The van der Waals surface area contributed by atoms with Crippen molar-refractivity contribution in [1.29, 1.82) is 0 Å². The topological polar surface area (TPSA) is 29.5 Å². The summed E-state index contributed by atoms with van der Waals surface area (Å²) in [6.45, 7) is 11.0. The van der Waals surface area contributed by atoms with Gasteiger partial charge in [0.1, 0.15) is 0 Å². The van der Waals surface area contributed by atoms with Gasteiger partial charge in [-0.2, -0.15) is 0 Å². The summed E-state index contributed by atoms with van der Waals surface area (Å²) >= 11 is 0. The molecule has 6 rings (SSSR count). The second-order valence-corrected chi connectivity index (χ2v) is 13.0. The predicted molar refractivity (Wildman–Crippen MR) is 128 cm³/mol. The summed E-state index contributed by atoms with van der Waals surface area (Å²) in [5, 5.41) is 0. The second kappa shape index (κ2) is 7.28. The number of likely N-dealkylation sites (tertiary alicyclic amines) is 1. The van der Waals surface area contributed by atoms with Crippen molar-refractivity contribution < 1.29 is 9.53 Å². The number of rotatable bonds is 0. The van der Waals surface area contributed by atoms with Crippen molar-refractivity contribution >= 4 is 5.78 Å². The Morgan fingerprint density at radius 1 is 1.16 bits per heavy atom. The third-order valence-electron chi connectivity index (χ3n) is 11.3. The highest BCUT2D eigenvalue weighted by atomic mass is 16.5. The number of allylic oxidation sites excluding steroid dienone is 3. The average molecular weight is 438 g/mol. The van der Waals surface area contributed by atoms with E-state index >= 15 is 0 Å². The highest BCUT2D eigenvalue weighted by Gasteiger charge is 2.59. The Hall–Kier alpha value is -0.930. The zero-order valence-corrected chi connectivity index (χ0v) is 21.0. The van der Waals surface area contributed by atoms with Crippen molar-refractivity contribution in [2.45, 2.75) is 103 Å². The van der Waals surface area contributed by atoms with Crippen LogP contribution in [0.25, 0.3) is 0 Å². The Kier molecular flexibility index (Phi) is 4.91. The van der Waals surface area contributed by atoms with Crippen molar-refractivity contribution in [1.82, 2.24) is 4.90 Å². The summed E-state index contributed by atoms with van der Waals surface area (Å²) in [5.41, 5.74) is 5.24. The molecule has 2 aliphatic heterocycles. The number of fused-ring (bicyclic) bond motifs is 6. The molecule has 0 aromatic heterocycles. The van der Waals surface area contributed by atoms with E-state index in [4.69, 9.17) is 4.74 Å². The SMILES string of the molecule is CC1=C2C[C@H]3[C@@H](CCC4=CC(=O)CC[C@@]43C)[C@@H]2CCC2(C1)O[C@@H]1C[C@H](C)CN(C)[C@H]1[C@H]2C. The van der Waals surface area contributed by atoms with Gasteiger partial charge in [-0.1, -0.05) is 37.5 Å². The third-order valence-corrected chi connectivity index (χ3v) is 11.3. The fourth-order valence-electron chi connectivity index (χ4n) is 9.72. The molecular formula is C29H43NO2. The summed E-state index contributed by atoms with van der Waals surface area (Å²) in [7, 11) is 2.33. The zero-order valence-electron chi connectivity index (χ0n) is 21.0. The van der Waals surface area contributed by atoms with Gasteiger partial charge >= 0.3 is 0 Å². The molecule has 0 N–H and O–H groups in total. The quantitative estimate of drug-likeness (QED) is 0.439. The van der Waals surface area contributed by atoms with Crippen LogP contribution in [0, 0.1) is 35.0 Å². The molecule has 2 heterocycles. The lowest BCUT2D eigenvalue weighted by atomic mass is 9.56. The van der Waals surface area contributed by atoms with Gasteiger partial charge in [0, 0.05) is 24.9 Å². The van der Waals surface area contributed by atoms with Gasteiger partial charge in [0.25, 0.3) is 0 Å². The number of carbonyl (C=O) groups is 1. The molecule has 4 aliphatic carbocycles. The average Bonchev–Trinajstić information content (AvgIpc) is 3.19. The summed E-state index contributed by atoms with van der Waals surface area (Å²) < 4.78 is 7.09. The van der Waals surface area contributed by atoms with Gasteiger partial charge in [0.15, 0.2) is 5.78 Å². The number of piperidine rings is 1. The minimum atomic E-state index is 0.0471. The highest BCUT2D eigenvalue weighted by Crippen LogP contribution is 2.64. The van der Waals surface area contributed by atoms with Crippen LogP contribution in [0.3, 0.4) is 0 Å². The molecule has 2 saturated heterocycles. The maximum atomic E-state index is 12.1. The Morgan fingerprint density at radius 2 is 1.97 bits per heavy atom. The normalized spacial score (nSPS) is 51.1. The minimum Gasteiger partial charge on any atom is -0.369 e. The molecule has 9 atom stereocenters. The fraction of sp³-hybridized carbons (Fsp3) is 0.828. The van der Waals surface area contributed by atoms with Gasteiger partial charge in [0.2, 0.25) is 0 Å². The van der Waals surface area contributed by atoms with Crippen molar-refractivity contribution in [2.75, 3.05) is 13.6 Å². The van der Waals surface area contributed by atoms with Crippen molar-refractivity contribution in [3.8, 4) is 0 Å². The van der Waals surface area contributed by atoms with E-state index in [1.165, 1.54) is 44.2 Å². The molecule has 6 aliphatic rings. The smallest absolute Gasteiger partial charge is 0.155 e. The summed E-state index contributed by atoms with van der Waals surface area (Å²) in [6, 6.07) is 0.593. The van der Waals surface area contributed by atoms with E-state index in [0.29, 0.717) is 23.8 Å². The Labute approximate surface area is 195 Å². The van der Waals surface area contributed by atoms with E-state index < -0.39 is 0 Å². The summed E-state index contributed by atoms with van der Waals surface area (Å²) in [5.74, 6) is 4.03. The van der Waals surface area contributed by atoms with E-state index in [-0.39, 0.29) is 11.0 Å². The first-order valence-electron chi connectivity index (χ1n) is 13.5.